The first kappa shape index (κ1) is 12.4. The number of nitrogens with one attached hydrogen (secondary N) is 2. The van der Waals surface area contributed by atoms with Gasteiger partial charge in [0.1, 0.15) is 0 Å². The summed E-state index contributed by atoms with van der Waals surface area (Å²) in [5.41, 5.74) is 4.20. The number of aromatic nitrogens is 1. The Hall–Kier alpha value is -1.61. The minimum Gasteiger partial charge on any atom is -0.322 e. The van der Waals surface area contributed by atoms with Gasteiger partial charge in [0, 0.05) is 23.0 Å². The number of aromatic amines is 1. The number of rotatable bonds is 4. The van der Waals surface area contributed by atoms with E-state index < -0.39 is 0 Å². The van der Waals surface area contributed by atoms with E-state index >= 15 is 0 Å². The maximum absolute atomic E-state index is 12.1. The van der Waals surface area contributed by atoms with E-state index in [0.717, 1.165) is 28.9 Å². The summed E-state index contributed by atoms with van der Waals surface area (Å²) in [6.07, 6.45) is 2.67. The first-order chi connectivity index (χ1) is 9.13. The minimum absolute atomic E-state index is 0.0285. The van der Waals surface area contributed by atoms with Crippen molar-refractivity contribution >= 4 is 10.9 Å². The Balaban J connectivity index is 1.91. The van der Waals surface area contributed by atoms with Gasteiger partial charge in [-0.05, 0) is 62.4 Å². The van der Waals surface area contributed by atoms with E-state index in [1.807, 2.05) is 12.1 Å². The monoisotopic (exact) mass is 256 g/mol. The number of aryl methyl sites for hydroxylation is 2. The quantitative estimate of drug-likeness (QED) is 0.883. The molecular formula is C16H20N2O. The molecule has 1 aromatic heterocycles. The zero-order chi connectivity index (χ0) is 13.4. The van der Waals surface area contributed by atoms with Crippen LogP contribution in [-0.4, -0.2) is 11.5 Å². The largest absolute Gasteiger partial charge is 0.322 e. The van der Waals surface area contributed by atoms with E-state index in [4.69, 9.17) is 0 Å². The van der Waals surface area contributed by atoms with Gasteiger partial charge in [-0.2, -0.15) is 0 Å². The lowest BCUT2D eigenvalue weighted by molar-refractivity contribution is 0.636. The molecule has 0 spiro atoms. The average Bonchev–Trinajstić information content (AvgIpc) is 3.14. The van der Waals surface area contributed by atoms with E-state index in [9.17, 15) is 4.79 Å². The van der Waals surface area contributed by atoms with Crippen LogP contribution in [-0.2, 0) is 6.54 Å². The highest BCUT2D eigenvalue weighted by Gasteiger charge is 2.20. The highest BCUT2D eigenvalue weighted by atomic mass is 16.1. The van der Waals surface area contributed by atoms with E-state index in [2.05, 4.69) is 30.2 Å². The second kappa shape index (κ2) is 4.82. The smallest absolute Gasteiger partial charge is 0.252 e. The van der Waals surface area contributed by atoms with Crippen molar-refractivity contribution in [3.63, 3.8) is 0 Å². The van der Waals surface area contributed by atoms with Crippen molar-refractivity contribution in [2.75, 3.05) is 6.54 Å². The number of hydrogen-bond acceptors (Lipinski definition) is 2. The lowest BCUT2D eigenvalue weighted by atomic mass is 10.0. The third-order valence-corrected chi connectivity index (χ3v) is 3.84. The molecule has 3 nitrogen and oxygen atoms in total. The molecule has 1 heterocycles. The fraction of sp³-hybridized carbons (Fsp3) is 0.438. The van der Waals surface area contributed by atoms with Crippen molar-refractivity contribution in [3.8, 4) is 0 Å². The summed E-state index contributed by atoms with van der Waals surface area (Å²) in [4.78, 5) is 15.0. The first-order valence-corrected chi connectivity index (χ1v) is 6.97. The summed E-state index contributed by atoms with van der Waals surface area (Å²) in [5, 5.41) is 4.53. The molecule has 1 saturated carbocycles. The molecule has 0 atom stereocenters. The first-order valence-electron chi connectivity index (χ1n) is 6.97. The molecule has 0 radical (unpaired) electrons. The number of benzene rings is 1. The molecule has 0 aliphatic heterocycles. The molecule has 2 aromatic rings. The molecule has 1 aromatic carbocycles. The van der Waals surface area contributed by atoms with Crippen LogP contribution in [0.15, 0.2) is 23.0 Å². The Morgan fingerprint density at radius 3 is 2.79 bits per heavy atom. The van der Waals surface area contributed by atoms with Crippen LogP contribution in [0.2, 0.25) is 0 Å². The van der Waals surface area contributed by atoms with Crippen LogP contribution in [0.4, 0.5) is 0 Å². The molecule has 2 N–H and O–H groups in total. The van der Waals surface area contributed by atoms with Crippen molar-refractivity contribution in [3.05, 3.63) is 45.2 Å². The fourth-order valence-electron chi connectivity index (χ4n) is 2.58. The van der Waals surface area contributed by atoms with Crippen LogP contribution < -0.4 is 10.9 Å². The number of pyridine rings is 1. The Morgan fingerprint density at radius 1 is 1.26 bits per heavy atom. The summed E-state index contributed by atoms with van der Waals surface area (Å²) in [5.74, 6) is 0.837. The van der Waals surface area contributed by atoms with E-state index in [0.29, 0.717) is 6.54 Å². The Labute approximate surface area is 113 Å². The Kier molecular flexibility index (Phi) is 3.15. The second-order valence-corrected chi connectivity index (χ2v) is 5.74. The summed E-state index contributed by atoms with van der Waals surface area (Å²) < 4.78 is 0. The van der Waals surface area contributed by atoms with Crippen LogP contribution in [0.5, 0.6) is 0 Å². The van der Waals surface area contributed by atoms with Gasteiger partial charge in [0.15, 0.2) is 0 Å². The summed E-state index contributed by atoms with van der Waals surface area (Å²) in [6, 6.07) is 6.22. The lowest BCUT2D eigenvalue weighted by Gasteiger charge is -2.08. The third-order valence-electron chi connectivity index (χ3n) is 3.84. The highest BCUT2D eigenvalue weighted by molar-refractivity contribution is 5.83. The van der Waals surface area contributed by atoms with Crippen molar-refractivity contribution in [2.45, 2.75) is 33.2 Å². The van der Waals surface area contributed by atoms with E-state index in [-0.39, 0.29) is 5.56 Å². The maximum atomic E-state index is 12.1. The Morgan fingerprint density at radius 2 is 2.05 bits per heavy atom. The SMILES string of the molecule is Cc1cc(C)c2cc(CNCC3CC3)c(=O)[nH]c2c1. The van der Waals surface area contributed by atoms with Crippen molar-refractivity contribution in [1.29, 1.82) is 0 Å². The van der Waals surface area contributed by atoms with Gasteiger partial charge in [-0.15, -0.1) is 0 Å². The van der Waals surface area contributed by atoms with Crippen LogP contribution in [0, 0.1) is 19.8 Å². The molecule has 1 aliphatic rings. The van der Waals surface area contributed by atoms with Gasteiger partial charge in [0.25, 0.3) is 5.56 Å². The minimum atomic E-state index is 0.0285. The molecule has 3 rings (SSSR count). The molecule has 0 bridgehead atoms. The average molecular weight is 256 g/mol. The molecule has 1 fully saturated rings. The molecule has 0 amide bonds. The summed E-state index contributed by atoms with van der Waals surface area (Å²) >= 11 is 0. The van der Waals surface area contributed by atoms with Crippen molar-refractivity contribution < 1.29 is 0 Å². The van der Waals surface area contributed by atoms with Gasteiger partial charge >= 0.3 is 0 Å². The summed E-state index contributed by atoms with van der Waals surface area (Å²) in [6.45, 7) is 5.84. The molecule has 0 saturated heterocycles. The van der Waals surface area contributed by atoms with Crippen molar-refractivity contribution in [2.24, 2.45) is 5.92 Å². The number of hydrogen-bond donors (Lipinski definition) is 2. The third kappa shape index (κ3) is 2.71. The van der Waals surface area contributed by atoms with Crippen LogP contribution >= 0.6 is 0 Å². The molecule has 100 valence electrons. The van der Waals surface area contributed by atoms with Crippen LogP contribution in [0.25, 0.3) is 10.9 Å². The van der Waals surface area contributed by atoms with Gasteiger partial charge in [-0.25, -0.2) is 0 Å². The van der Waals surface area contributed by atoms with Gasteiger partial charge in [0.2, 0.25) is 0 Å². The van der Waals surface area contributed by atoms with Gasteiger partial charge in [0.05, 0.1) is 0 Å². The summed E-state index contributed by atoms with van der Waals surface area (Å²) in [7, 11) is 0. The Bertz CT molecular complexity index is 668. The van der Waals surface area contributed by atoms with Crippen LogP contribution in [0.3, 0.4) is 0 Å². The number of fused-ring (bicyclic) bond motifs is 1. The number of H-pyrrole nitrogens is 1. The maximum Gasteiger partial charge on any atom is 0.252 e. The zero-order valence-corrected chi connectivity index (χ0v) is 11.5. The van der Waals surface area contributed by atoms with Crippen LogP contribution in [0.1, 0.15) is 29.5 Å². The molecule has 19 heavy (non-hydrogen) atoms. The predicted octanol–water partition coefficient (Wildman–Crippen LogP) is 2.64. The van der Waals surface area contributed by atoms with E-state index in [1.165, 1.54) is 24.0 Å². The second-order valence-electron chi connectivity index (χ2n) is 5.74. The normalized spacial score (nSPS) is 15.1. The van der Waals surface area contributed by atoms with Gasteiger partial charge in [-0.1, -0.05) is 6.07 Å². The lowest BCUT2D eigenvalue weighted by Crippen LogP contribution is -2.22. The topological polar surface area (TPSA) is 44.9 Å². The molecule has 1 aliphatic carbocycles. The van der Waals surface area contributed by atoms with E-state index in [1.54, 1.807) is 0 Å². The highest BCUT2D eigenvalue weighted by Crippen LogP contribution is 2.27. The van der Waals surface area contributed by atoms with Gasteiger partial charge in [-0.3, -0.25) is 4.79 Å². The zero-order valence-electron chi connectivity index (χ0n) is 11.5. The standard InChI is InChI=1S/C16H20N2O/c1-10-5-11(2)14-7-13(9-17-8-12-3-4-12)16(19)18-15(14)6-10/h5-7,12,17H,3-4,8-9H2,1-2H3,(H,18,19). The van der Waals surface area contributed by atoms with Gasteiger partial charge < -0.3 is 10.3 Å². The fourth-order valence-corrected chi connectivity index (χ4v) is 2.58. The molecular weight excluding hydrogens is 236 g/mol. The molecule has 3 heteroatoms. The molecule has 0 unspecified atom stereocenters. The predicted molar refractivity (Wildman–Crippen MR) is 78.5 cm³/mol. The van der Waals surface area contributed by atoms with Crippen molar-refractivity contribution in [1.82, 2.24) is 10.3 Å².